The number of benzene rings is 2. The molecule has 1 amide bonds. The summed E-state index contributed by atoms with van der Waals surface area (Å²) in [5.41, 5.74) is -3.19. The maximum Gasteiger partial charge on any atom is 0.416 e. The number of rotatable bonds is 3. The molecule has 2 aliphatic rings. The molecule has 0 spiro atoms. The number of nitrogens with zero attached hydrogens (tertiary/aromatic N) is 2. The molecule has 208 valence electrons. The topological polar surface area (TPSA) is 57.7 Å². The van der Waals surface area contributed by atoms with Gasteiger partial charge in [-0.3, -0.25) is 9.69 Å². The number of carbonyl (C=O) groups excluding carboxylic acids is 1. The molecule has 2 saturated heterocycles. The van der Waals surface area contributed by atoms with Gasteiger partial charge in [-0.1, -0.05) is 29.3 Å². The van der Waals surface area contributed by atoms with Gasteiger partial charge >= 0.3 is 12.4 Å². The Labute approximate surface area is 225 Å². The number of sulfone groups is 1. The first kappa shape index (κ1) is 29.0. The van der Waals surface area contributed by atoms with Crippen LogP contribution in [0.15, 0.2) is 36.4 Å². The standard InChI is InChI=1S/C24H22Cl2F6N2O3S/c25-19-2-1-14(11-20(19)26)18-13-34(4-3-21(18)33-5-7-38(36,37)8-6-33)22(35)15-9-16(23(27,28)29)12-17(10-15)24(30,31)32/h1-2,9-12,18,21H,3-8,13H2/t18-,21-/m1/s1. The van der Waals surface area contributed by atoms with Gasteiger partial charge in [0.25, 0.3) is 5.91 Å². The number of piperidine rings is 1. The summed E-state index contributed by atoms with van der Waals surface area (Å²) in [7, 11) is -3.17. The van der Waals surface area contributed by atoms with Crippen LogP contribution >= 0.6 is 23.2 Å². The number of amides is 1. The third-order valence-electron chi connectivity index (χ3n) is 6.92. The number of hydrogen-bond donors (Lipinski definition) is 0. The molecule has 0 radical (unpaired) electrons. The first-order chi connectivity index (χ1) is 17.5. The van der Waals surface area contributed by atoms with Crippen LogP contribution in [0.2, 0.25) is 10.0 Å². The molecular weight excluding hydrogens is 581 g/mol. The minimum Gasteiger partial charge on any atom is -0.338 e. The number of likely N-dealkylation sites (tertiary alicyclic amines) is 1. The Bertz CT molecular complexity index is 1290. The van der Waals surface area contributed by atoms with Crippen LogP contribution < -0.4 is 0 Å². The number of hydrogen-bond acceptors (Lipinski definition) is 4. The Kier molecular flexibility index (Phi) is 8.02. The second kappa shape index (κ2) is 10.5. The second-order valence-electron chi connectivity index (χ2n) is 9.37. The summed E-state index contributed by atoms with van der Waals surface area (Å²) >= 11 is 12.2. The molecule has 0 N–H and O–H groups in total. The van der Waals surface area contributed by atoms with E-state index in [1.54, 1.807) is 18.2 Å². The smallest absolute Gasteiger partial charge is 0.338 e. The molecular formula is C24H22Cl2F6N2O3S. The van der Waals surface area contributed by atoms with Crippen molar-refractivity contribution in [2.24, 2.45) is 0 Å². The van der Waals surface area contributed by atoms with Crippen molar-refractivity contribution >= 4 is 38.9 Å². The summed E-state index contributed by atoms with van der Waals surface area (Å²) in [6.07, 6.45) is -9.84. The van der Waals surface area contributed by atoms with Crippen LogP contribution in [0.25, 0.3) is 0 Å². The molecule has 2 aromatic rings. The Morgan fingerprint density at radius 1 is 0.842 bits per heavy atom. The van der Waals surface area contributed by atoms with E-state index in [9.17, 15) is 39.6 Å². The molecule has 38 heavy (non-hydrogen) atoms. The molecule has 0 aliphatic carbocycles. The van der Waals surface area contributed by atoms with Crippen LogP contribution in [0.3, 0.4) is 0 Å². The van der Waals surface area contributed by atoms with E-state index in [-0.39, 0.29) is 59.8 Å². The second-order valence-corrected chi connectivity index (χ2v) is 12.5. The van der Waals surface area contributed by atoms with E-state index in [2.05, 4.69) is 0 Å². The lowest BCUT2D eigenvalue weighted by atomic mass is 9.84. The van der Waals surface area contributed by atoms with E-state index in [4.69, 9.17) is 23.2 Å². The third kappa shape index (κ3) is 6.40. The quantitative estimate of drug-likeness (QED) is 0.419. The van der Waals surface area contributed by atoms with Crippen LogP contribution in [0.5, 0.6) is 0 Å². The Balaban J connectivity index is 1.67. The Morgan fingerprint density at radius 2 is 1.42 bits per heavy atom. The van der Waals surface area contributed by atoms with E-state index >= 15 is 0 Å². The van der Waals surface area contributed by atoms with Crippen LogP contribution in [0, 0.1) is 0 Å². The van der Waals surface area contributed by atoms with Crippen LogP contribution in [0.1, 0.15) is 39.4 Å². The fourth-order valence-electron chi connectivity index (χ4n) is 4.95. The van der Waals surface area contributed by atoms with Gasteiger partial charge in [0.15, 0.2) is 9.84 Å². The molecule has 2 aliphatic heterocycles. The van der Waals surface area contributed by atoms with Gasteiger partial charge in [-0.05, 0) is 42.3 Å². The molecule has 5 nitrogen and oxygen atoms in total. The van der Waals surface area contributed by atoms with E-state index in [0.29, 0.717) is 24.1 Å². The third-order valence-corrected chi connectivity index (χ3v) is 9.27. The molecule has 14 heteroatoms. The largest absolute Gasteiger partial charge is 0.416 e. The summed E-state index contributed by atoms with van der Waals surface area (Å²) in [6.45, 7) is 0.563. The van der Waals surface area contributed by atoms with Crippen LogP contribution in [0.4, 0.5) is 26.3 Å². The van der Waals surface area contributed by atoms with Crippen LogP contribution in [-0.4, -0.2) is 67.9 Å². The van der Waals surface area contributed by atoms with Crippen molar-refractivity contribution in [3.8, 4) is 0 Å². The van der Waals surface area contributed by atoms with Crippen molar-refractivity contribution in [2.75, 3.05) is 37.7 Å². The first-order valence-corrected chi connectivity index (χ1v) is 14.1. The summed E-state index contributed by atoms with van der Waals surface area (Å²) in [4.78, 5) is 16.5. The molecule has 2 aromatic carbocycles. The van der Waals surface area contributed by atoms with E-state index in [1.165, 1.54) is 4.90 Å². The maximum absolute atomic E-state index is 13.3. The van der Waals surface area contributed by atoms with Crippen molar-refractivity contribution in [2.45, 2.75) is 30.7 Å². The Morgan fingerprint density at radius 3 is 1.95 bits per heavy atom. The van der Waals surface area contributed by atoms with Gasteiger partial charge in [0, 0.05) is 43.7 Å². The van der Waals surface area contributed by atoms with Crippen molar-refractivity contribution in [1.82, 2.24) is 9.80 Å². The minimum absolute atomic E-state index is 0.0219. The zero-order chi connectivity index (χ0) is 28.0. The highest BCUT2D eigenvalue weighted by Crippen LogP contribution is 2.38. The molecule has 0 aromatic heterocycles. The van der Waals surface area contributed by atoms with Gasteiger partial charge in [-0.2, -0.15) is 26.3 Å². The highest BCUT2D eigenvalue weighted by Gasteiger charge is 2.41. The van der Waals surface area contributed by atoms with Crippen molar-refractivity contribution in [1.29, 1.82) is 0 Å². The highest BCUT2D eigenvalue weighted by atomic mass is 35.5. The molecule has 0 unspecified atom stereocenters. The molecule has 2 fully saturated rings. The summed E-state index contributed by atoms with van der Waals surface area (Å²) < 4.78 is 104. The van der Waals surface area contributed by atoms with Crippen LogP contribution in [-0.2, 0) is 22.2 Å². The minimum atomic E-state index is -5.08. The first-order valence-electron chi connectivity index (χ1n) is 11.5. The lowest BCUT2D eigenvalue weighted by Crippen LogP contribution is -2.54. The average Bonchev–Trinajstić information content (AvgIpc) is 2.83. The van der Waals surface area contributed by atoms with Gasteiger partial charge in [0.2, 0.25) is 0 Å². The fourth-order valence-corrected chi connectivity index (χ4v) is 6.49. The van der Waals surface area contributed by atoms with Crippen molar-refractivity contribution < 1.29 is 39.6 Å². The predicted octanol–water partition coefficient (Wildman–Crippen LogP) is 5.76. The zero-order valence-electron chi connectivity index (χ0n) is 19.6. The molecule has 4 rings (SSSR count). The van der Waals surface area contributed by atoms with Crippen molar-refractivity contribution in [3.05, 3.63) is 68.7 Å². The number of carbonyl (C=O) groups is 1. The SMILES string of the molecule is O=C(c1cc(C(F)(F)F)cc(C(F)(F)F)c1)N1CC[C@@H](N2CCS(=O)(=O)CC2)[C@@H](c2ccc(Cl)c(Cl)c2)C1. The number of alkyl halides is 6. The summed E-state index contributed by atoms with van der Waals surface area (Å²) in [5.74, 6) is -1.49. The average molecular weight is 603 g/mol. The maximum atomic E-state index is 13.3. The summed E-state index contributed by atoms with van der Waals surface area (Å²) in [6, 6.07) is 5.43. The predicted molar refractivity (Wildman–Crippen MR) is 130 cm³/mol. The molecule has 2 heterocycles. The van der Waals surface area contributed by atoms with E-state index < -0.39 is 50.7 Å². The molecule has 0 saturated carbocycles. The zero-order valence-corrected chi connectivity index (χ0v) is 21.9. The van der Waals surface area contributed by atoms with E-state index in [0.717, 1.165) is 0 Å². The van der Waals surface area contributed by atoms with Gasteiger partial charge in [0.05, 0.1) is 32.7 Å². The van der Waals surface area contributed by atoms with Gasteiger partial charge in [-0.15, -0.1) is 0 Å². The molecule has 2 atom stereocenters. The van der Waals surface area contributed by atoms with Crippen molar-refractivity contribution in [3.63, 3.8) is 0 Å². The lowest BCUT2D eigenvalue weighted by Gasteiger charge is -2.45. The van der Waals surface area contributed by atoms with Gasteiger partial charge in [-0.25, -0.2) is 8.42 Å². The van der Waals surface area contributed by atoms with E-state index in [1.807, 2.05) is 4.90 Å². The number of halogens is 8. The monoisotopic (exact) mass is 602 g/mol. The van der Waals surface area contributed by atoms with Gasteiger partial charge in [0.1, 0.15) is 0 Å². The lowest BCUT2D eigenvalue weighted by molar-refractivity contribution is -0.143. The normalized spacial score (nSPS) is 22.9. The molecule has 0 bridgehead atoms. The van der Waals surface area contributed by atoms with Gasteiger partial charge < -0.3 is 4.90 Å². The highest BCUT2D eigenvalue weighted by molar-refractivity contribution is 7.91. The fraction of sp³-hybridized carbons (Fsp3) is 0.458. The Hall–Kier alpha value is -2.02. The summed E-state index contributed by atoms with van der Waals surface area (Å²) in [5, 5.41) is 0.517.